The van der Waals surface area contributed by atoms with Crippen LogP contribution in [0.5, 0.6) is 0 Å². The summed E-state index contributed by atoms with van der Waals surface area (Å²) in [6, 6.07) is 0.548. The van der Waals surface area contributed by atoms with Crippen molar-refractivity contribution in [1.29, 1.82) is 0 Å². The molecular formula is C13H25N3. The number of likely N-dealkylation sites (N-methyl/N-ethyl adjacent to an activating group) is 1. The number of aromatic nitrogens is 2. The molecule has 0 aliphatic heterocycles. The highest BCUT2D eigenvalue weighted by molar-refractivity contribution is 5.25. The summed E-state index contributed by atoms with van der Waals surface area (Å²) in [5.74, 6) is 0.652. The second-order valence-electron chi connectivity index (χ2n) is 4.89. The fraction of sp³-hybridized carbons (Fsp3) is 0.769. The number of hydrogen-bond donors (Lipinski definition) is 1. The van der Waals surface area contributed by atoms with Gasteiger partial charge in [0.1, 0.15) is 0 Å². The maximum Gasteiger partial charge on any atom is 0.0628 e. The first-order valence-electron chi connectivity index (χ1n) is 6.19. The number of aryl methyl sites for hydroxylation is 2. The lowest BCUT2D eigenvalue weighted by molar-refractivity contribution is 0.404. The zero-order valence-electron chi connectivity index (χ0n) is 11.5. The molecule has 0 bridgehead atoms. The maximum absolute atomic E-state index is 4.47. The highest BCUT2D eigenvalue weighted by atomic mass is 15.3. The van der Waals surface area contributed by atoms with Crippen LogP contribution in [0, 0.1) is 19.8 Å². The van der Waals surface area contributed by atoms with Crippen LogP contribution in [-0.2, 0) is 13.5 Å². The molecule has 1 heterocycles. The minimum absolute atomic E-state index is 0.548. The van der Waals surface area contributed by atoms with Crippen molar-refractivity contribution >= 4 is 0 Å². The Morgan fingerprint density at radius 2 is 1.94 bits per heavy atom. The molecule has 16 heavy (non-hydrogen) atoms. The number of rotatable bonds is 5. The van der Waals surface area contributed by atoms with E-state index in [4.69, 9.17) is 0 Å². The van der Waals surface area contributed by atoms with Gasteiger partial charge in [-0.05, 0) is 38.3 Å². The minimum Gasteiger partial charge on any atom is -0.314 e. The first-order chi connectivity index (χ1) is 7.47. The normalized spacial score (nSPS) is 13.4. The summed E-state index contributed by atoms with van der Waals surface area (Å²) >= 11 is 0. The Labute approximate surface area is 99.2 Å². The van der Waals surface area contributed by atoms with Crippen LogP contribution in [0.4, 0.5) is 0 Å². The van der Waals surface area contributed by atoms with E-state index in [2.05, 4.69) is 45.0 Å². The van der Waals surface area contributed by atoms with Gasteiger partial charge in [-0.15, -0.1) is 0 Å². The van der Waals surface area contributed by atoms with Crippen LogP contribution in [0.3, 0.4) is 0 Å². The molecule has 3 heteroatoms. The average molecular weight is 223 g/mol. The van der Waals surface area contributed by atoms with Gasteiger partial charge in [-0.25, -0.2) is 0 Å². The predicted octanol–water partition coefficient (Wildman–Crippen LogP) is 2.21. The van der Waals surface area contributed by atoms with Gasteiger partial charge in [0.15, 0.2) is 0 Å². The molecule has 3 nitrogen and oxygen atoms in total. The summed E-state index contributed by atoms with van der Waals surface area (Å²) < 4.78 is 1.98. The monoisotopic (exact) mass is 223 g/mol. The lowest BCUT2D eigenvalue weighted by Crippen LogP contribution is -2.35. The third-order valence-corrected chi connectivity index (χ3v) is 3.35. The topological polar surface area (TPSA) is 29.9 Å². The smallest absolute Gasteiger partial charge is 0.0628 e. The zero-order valence-corrected chi connectivity index (χ0v) is 11.5. The van der Waals surface area contributed by atoms with Gasteiger partial charge in [0.05, 0.1) is 5.69 Å². The Morgan fingerprint density at radius 3 is 2.31 bits per heavy atom. The molecule has 0 aliphatic carbocycles. The molecule has 1 unspecified atom stereocenters. The van der Waals surface area contributed by atoms with Crippen molar-refractivity contribution in [2.45, 2.75) is 47.1 Å². The van der Waals surface area contributed by atoms with Crippen molar-refractivity contribution in [2.24, 2.45) is 13.0 Å². The molecule has 1 rings (SSSR count). The minimum atomic E-state index is 0.548. The maximum atomic E-state index is 4.47. The third kappa shape index (κ3) is 2.85. The average Bonchev–Trinajstić information content (AvgIpc) is 2.43. The van der Waals surface area contributed by atoms with Crippen LogP contribution in [0.2, 0.25) is 0 Å². The van der Waals surface area contributed by atoms with E-state index in [-0.39, 0.29) is 0 Å². The molecular weight excluding hydrogens is 198 g/mol. The van der Waals surface area contributed by atoms with Crippen molar-refractivity contribution in [2.75, 3.05) is 6.54 Å². The number of nitrogens with zero attached hydrogens (tertiary/aromatic N) is 2. The van der Waals surface area contributed by atoms with E-state index >= 15 is 0 Å². The molecule has 92 valence electrons. The van der Waals surface area contributed by atoms with E-state index in [1.165, 1.54) is 17.0 Å². The van der Waals surface area contributed by atoms with Gasteiger partial charge in [-0.2, -0.15) is 5.10 Å². The molecule has 0 spiro atoms. The molecule has 1 aromatic rings. The van der Waals surface area contributed by atoms with Crippen molar-refractivity contribution in [1.82, 2.24) is 15.1 Å². The van der Waals surface area contributed by atoms with Gasteiger partial charge in [0, 0.05) is 18.8 Å². The Morgan fingerprint density at radius 1 is 1.31 bits per heavy atom. The lowest BCUT2D eigenvalue weighted by atomic mass is 9.95. The highest BCUT2D eigenvalue weighted by Crippen LogP contribution is 2.17. The summed E-state index contributed by atoms with van der Waals surface area (Å²) in [6.45, 7) is 12.0. The summed E-state index contributed by atoms with van der Waals surface area (Å²) in [4.78, 5) is 0. The molecule has 0 saturated heterocycles. The van der Waals surface area contributed by atoms with Gasteiger partial charge >= 0.3 is 0 Å². The quantitative estimate of drug-likeness (QED) is 0.829. The second kappa shape index (κ2) is 5.48. The largest absolute Gasteiger partial charge is 0.314 e. The summed E-state index contributed by atoms with van der Waals surface area (Å²) in [7, 11) is 2.02. The van der Waals surface area contributed by atoms with Crippen LogP contribution in [0.1, 0.15) is 37.7 Å². The zero-order chi connectivity index (χ0) is 12.3. The fourth-order valence-electron chi connectivity index (χ4n) is 2.14. The molecule has 1 atom stereocenters. The Bertz CT molecular complexity index is 339. The lowest BCUT2D eigenvalue weighted by Gasteiger charge is -2.22. The fourth-order valence-corrected chi connectivity index (χ4v) is 2.14. The van der Waals surface area contributed by atoms with Gasteiger partial charge in [0.25, 0.3) is 0 Å². The van der Waals surface area contributed by atoms with E-state index in [0.29, 0.717) is 12.0 Å². The van der Waals surface area contributed by atoms with E-state index in [1.54, 1.807) is 0 Å². The molecule has 1 aromatic heterocycles. The second-order valence-corrected chi connectivity index (χ2v) is 4.89. The molecule has 0 aliphatic rings. The Kier molecular flexibility index (Phi) is 4.54. The third-order valence-electron chi connectivity index (χ3n) is 3.35. The Balaban J connectivity index is 2.84. The van der Waals surface area contributed by atoms with E-state index in [1.807, 2.05) is 11.7 Å². The highest BCUT2D eigenvalue weighted by Gasteiger charge is 2.17. The van der Waals surface area contributed by atoms with Crippen molar-refractivity contribution in [3.8, 4) is 0 Å². The van der Waals surface area contributed by atoms with Crippen molar-refractivity contribution < 1.29 is 0 Å². The summed E-state index contributed by atoms with van der Waals surface area (Å²) in [5, 5.41) is 8.03. The SMILES string of the molecule is CCNC(Cc1c(C)nn(C)c1C)C(C)C. The molecule has 0 radical (unpaired) electrons. The number of nitrogens with one attached hydrogen (secondary N) is 1. The van der Waals surface area contributed by atoms with Crippen molar-refractivity contribution in [3.63, 3.8) is 0 Å². The summed E-state index contributed by atoms with van der Waals surface area (Å²) in [6.07, 6.45) is 1.08. The molecule has 0 fully saturated rings. The van der Waals surface area contributed by atoms with E-state index in [0.717, 1.165) is 13.0 Å². The first kappa shape index (κ1) is 13.2. The van der Waals surface area contributed by atoms with Gasteiger partial charge < -0.3 is 5.32 Å². The predicted molar refractivity (Wildman–Crippen MR) is 68.7 cm³/mol. The van der Waals surface area contributed by atoms with Crippen LogP contribution in [0.15, 0.2) is 0 Å². The molecule has 0 amide bonds. The van der Waals surface area contributed by atoms with Gasteiger partial charge in [0.2, 0.25) is 0 Å². The van der Waals surface area contributed by atoms with Gasteiger partial charge in [-0.1, -0.05) is 20.8 Å². The van der Waals surface area contributed by atoms with Crippen LogP contribution < -0.4 is 5.32 Å². The number of hydrogen-bond acceptors (Lipinski definition) is 2. The van der Waals surface area contributed by atoms with Crippen LogP contribution >= 0.6 is 0 Å². The molecule has 1 N–H and O–H groups in total. The van der Waals surface area contributed by atoms with E-state index in [9.17, 15) is 0 Å². The van der Waals surface area contributed by atoms with Crippen molar-refractivity contribution in [3.05, 3.63) is 17.0 Å². The first-order valence-corrected chi connectivity index (χ1v) is 6.19. The van der Waals surface area contributed by atoms with E-state index < -0.39 is 0 Å². The molecule has 0 saturated carbocycles. The summed E-state index contributed by atoms with van der Waals surface area (Å²) in [5.41, 5.74) is 3.87. The van der Waals surface area contributed by atoms with Crippen LogP contribution in [-0.4, -0.2) is 22.4 Å². The standard InChI is InChI=1S/C13H25N3/c1-7-14-13(9(2)3)8-12-10(4)15-16(6)11(12)5/h9,13-14H,7-8H2,1-6H3. The Hall–Kier alpha value is -0.830. The molecule has 0 aromatic carbocycles. The van der Waals surface area contributed by atoms with Crippen LogP contribution in [0.25, 0.3) is 0 Å². The van der Waals surface area contributed by atoms with Gasteiger partial charge in [-0.3, -0.25) is 4.68 Å².